The molecule has 0 aliphatic rings. The van der Waals surface area contributed by atoms with Gasteiger partial charge in [-0.25, -0.2) is 13.4 Å². The summed E-state index contributed by atoms with van der Waals surface area (Å²) in [5, 5.41) is 0.492. The van der Waals surface area contributed by atoms with Crippen LogP contribution in [0.4, 0.5) is 5.13 Å². The minimum Gasteiger partial charge on any atom is -0.494 e. The molecule has 2 aromatic heterocycles. The molecule has 0 N–H and O–H groups in total. The van der Waals surface area contributed by atoms with E-state index in [-0.39, 0.29) is 23.1 Å². The van der Waals surface area contributed by atoms with E-state index in [1.807, 2.05) is 18.2 Å². The van der Waals surface area contributed by atoms with Crippen LogP contribution in [0.15, 0.2) is 70.2 Å². The number of sulfone groups is 1. The number of nitrogens with zero attached hydrogens (tertiary/aromatic N) is 2. The van der Waals surface area contributed by atoms with Crippen LogP contribution in [-0.2, 0) is 16.4 Å². The molecule has 0 unspecified atom stereocenters. The van der Waals surface area contributed by atoms with Gasteiger partial charge in [0.15, 0.2) is 15.0 Å². The highest BCUT2D eigenvalue weighted by Gasteiger charge is 2.24. The topological polar surface area (TPSA) is 89.7 Å². The number of aromatic nitrogens is 1. The summed E-state index contributed by atoms with van der Waals surface area (Å²) < 4.78 is 35.9. The van der Waals surface area contributed by atoms with E-state index in [0.29, 0.717) is 27.7 Å². The van der Waals surface area contributed by atoms with Gasteiger partial charge in [0.1, 0.15) is 17.0 Å². The summed E-state index contributed by atoms with van der Waals surface area (Å²) in [4.78, 5) is 19.8. The maximum Gasteiger partial charge on any atom is 0.260 e. The average Bonchev–Trinajstić information content (AvgIpc) is 3.46. The van der Waals surface area contributed by atoms with Crippen molar-refractivity contribution in [1.82, 2.24) is 4.98 Å². The number of fused-ring (bicyclic) bond motifs is 1. The Balaban J connectivity index is 1.74. The van der Waals surface area contributed by atoms with E-state index in [2.05, 4.69) is 4.98 Å². The van der Waals surface area contributed by atoms with Crippen LogP contribution in [0.5, 0.6) is 5.75 Å². The van der Waals surface area contributed by atoms with Gasteiger partial charge in [0.05, 0.1) is 35.3 Å². The zero-order valence-electron chi connectivity index (χ0n) is 16.9. The molecule has 4 aromatic rings. The Labute approximate surface area is 183 Å². The van der Waals surface area contributed by atoms with Gasteiger partial charge >= 0.3 is 0 Å². The zero-order valence-corrected chi connectivity index (χ0v) is 18.6. The Bertz CT molecular complexity index is 1310. The van der Waals surface area contributed by atoms with E-state index in [9.17, 15) is 13.2 Å². The van der Waals surface area contributed by atoms with Crippen molar-refractivity contribution >= 4 is 42.4 Å². The lowest BCUT2D eigenvalue weighted by Gasteiger charge is -2.19. The Kier molecular flexibility index (Phi) is 5.79. The second-order valence-corrected chi connectivity index (χ2v) is 9.99. The number of furan rings is 1. The fraction of sp³-hybridized carbons (Fsp3) is 0.182. The lowest BCUT2D eigenvalue weighted by Crippen LogP contribution is -2.30. The van der Waals surface area contributed by atoms with Crippen LogP contribution < -0.4 is 9.64 Å². The van der Waals surface area contributed by atoms with Gasteiger partial charge in [0.25, 0.3) is 5.91 Å². The highest BCUT2D eigenvalue weighted by Crippen LogP contribution is 2.35. The van der Waals surface area contributed by atoms with Crippen LogP contribution in [-0.4, -0.2) is 32.2 Å². The van der Waals surface area contributed by atoms with Crippen molar-refractivity contribution in [3.05, 3.63) is 72.2 Å². The maximum atomic E-state index is 13.4. The van der Waals surface area contributed by atoms with Crippen LogP contribution in [0, 0.1) is 0 Å². The molecular weight excluding hydrogens is 436 g/mol. The quantitative estimate of drug-likeness (QED) is 0.406. The molecule has 160 valence electrons. The van der Waals surface area contributed by atoms with E-state index in [4.69, 9.17) is 9.15 Å². The normalized spacial score (nSPS) is 11.5. The Hall–Kier alpha value is -3.17. The fourth-order valence-corrected chi connectivity index (χ4v) is 4.97. The molecule has 0 aliphatic carbocycles. The monoisotopic (exact) mass is 456 g/mol. The number of methoxy groups -OCH3 is 1. The van der Waals surface area contributed by atoms with Gasteiger partial charge in [-0.15, -0.1) is 0 Å². The van der Waals surface area contributed by atoms with Crippen LogP contribution in [0.1, 0.15) is 23.0 Å². The van der Waals surface area contributed by atoms with Gasteiger partial charge in [-0.1, -0.05) is 24.3 Å². The molecule has 0 saturated heterocycles. The van der Waals surface area contributed by atoms with Gasteiger partial charge in [-0.3, -0.25) is 9.69 Å². The standard InChI is InChI=1S/C22H20N2O5S2/c1-3-31(26,27)17-11-9-15(10-12-17)21(25)24(14-16-6-5-13-29-16)22-23-20-18(28-2)7-4-8-19(20)30-22/h4-13H,3,14H2,1-2H3. The fourth-order valence-electron chi connectivity index (χ4n) is 3.10. The first kappa shape index (κ1) is 21.1. The third kappa shape index (κ3) is 4.19. The third-order valence-corrected chi connectivity index (χ3v) is 7.60. The molecule has 0 aliphatic heterocycles. The Morgan fingerprint density at radius 3 is 2.55 bits per heavy atom. The molecular formula is C22H20N2O5S2. The van der Waals surface area contributed by atoms with Gasteiger partial charge < -0.3 is 9.15 Å². The average molecular weight is 457 g/mol. The number of thiazole rings is 1. The number of hydrogen-bond acceptors (Lipinski definition) is 7. The first-order chi connectivity index (χ1) is 14.9. The van der Waals surface area contributed by atoms with Gasteiger partial charge in [0.2, 0.25) is 0 Å². The molecule has 0 spiro atoms. The molecule has 0 bridgehead atoms. The molecule has 9 heteroatoms. The highest BCUT2D eigenvalue weighted by molar-refractivity contribution is 7.91. The van der Waals surface area contributed by atoms with Gasteiger partial charge in [-0.05, 0) is 48.5 Å². The summed E-state index contributed by atoms with van der Waals surface area (Å²) in [5.74, 6) is 0.914. The van der Waals surface area contributed by atoms with E-state index in [0.717, 1.165) is 4.70 Å². The minimum atomic E-state index is -3.34. The predicted molar refractivity (Wildman–Crippen MR) is 120 cm³/mol. The van der Waals surface area contributed by atoms with E-state index in [1.54, 1.807) is 32.4 Å². The van der Waals surface area contributed by atoms with Crippen molar-refractivity contribution < 1.29 is 22.4 Å². The van der Waals surface area contributed by atoms with E-state index < -0.39 is 9.84 Å². The van der Waals surface area contributed by atoms with Gasteiger partial charge in [0, 0.05) is 5.56 Å². The number of benzene rings is 2. The largest absolute Gasteiger partial charge is 0.494 e. The number of amides is 1. The summed E-state index contributed by atoms with van der Waals surface area (Å²) in [7, 11) is -1.77. The van der Waals surface area contributed by atoms with Crippen molar-refractivity contribution in [3.8, 4) is 5.75 Å². The van der Waals surface area contributed by atoms with Gasteiger partial charge in [-0.2, -0.15) is 0 Å². The summed E-state index contributed by atoms with van der Waals surface area (Å²) >= 11 is 1.37. The second-order valence-electron chi connectivity index (χ2n) is 6.70. The molecule has 0 saturated carbocycles. The number of anilines is 1. The van der Waals surface area contributed by atoms with Crippen LogP contribution in [0.3, 0.4) is 0 Å². The zero-order chi connectivity index (χ0) is 22.0. The number of hydrogen-bond donors (Lipinski definition) is 0. The first-order valence-electron chi connectivity index (χ1n) is 9.53. The SMILES string of the molecule is CCS(=O)(=O)c1ccc(C(=O)N(Cc2ccco2)c2nc3c(OC)cccc3s2)cc1. The summed E-state index contributed by atoms with van der Waals surface area (Å²) in [6, 6.07) is 15.1. The van der Waals surface area contributed by atoms with Crippen LogP contribution in [0.25, 0.3) is 10.2 Å². The molecule has 0 fully saturated rings. The Morgan fingerprint density at radius 2 is 1.90 bits per heavy atom. The highest BCUT2D eigenvalue weighted by atomic mass is 32.2. The number of carbonyl (C=O) groups is 1. The number of para-hydroxylation sites is 1. The lowest BCUT2D eigenvalue weighted by atomic mass is 10.2. The smallest absolute Gasteiger partial charge is 0.260 e. The first-order valence-corrected chi connectivity index (χ1v) is 12.0. The molecule has 0 atom stereocenters. The molecule has 1 amide bonds. The maximum absolute atomic E-state index is 13.4. The number of carbonyl (C=O) groups excluding carboxylic acids is 1. The van der Waals surface area contributed by atoms with Crippen molar-refractivity contribution in [1.29, 1.82) is 0 Å². The lowest BCUT2D eigenvalue weighted by molar-refractivity contribution is 0.0983. The molecule has 7 nitrogen and oxygen atoms in total. The molecule has 2 aromatic carbocycles. The molecule has 2 heterocycles. The summed E-state index contributed by atoms with van der Waals surface area (Å²) in [6.45, 7) is 1.77. The van der Waals surface area contributed by atoms with Crippen LogP contribution in [0.2, 0.25) is 0 Å². The van der Waals surface area contributed by atoms with Crippen molar-refractivity contribution in [3.63, 3.8) is 0 Å². The number of ether oxygens (including phenoxy) is 1. The molecule has 0 radical (unpaired) electrons. The summed E-state index contributed by atoms with van der Waals surface area (Å²) in [5.41, 5.74) is 1.03. The second kappa shape index (κ2) is 8.52. The van der Waals surface area contributed by atoms with Crippen molar-refractivity contribution in [2.75, 3.05) is 17.8 Å². The summed E-state index contributed by atoms with van der Waals surface area (Å²) in [6.07, 6.45) is 1.55. The van der Waals surface area contributed by atoms with Crippen molar-refractivity contribution in [2.24, 2.45) is 0 Å². The van der Waals surface area contributed by atoms with Crippen molar-refractivity contribution in [2.45, 2.75) is 18.4 Å². The minimum absolute atomic E-state index is 0.00154. The Morgan fingerprint density at radius 1 is 1.13 bits per heavy atom. The third-order valence-electron chi connectivity index (χ3n) is 4.80. The molecule has 4 rings (SSSR count). The predicted octanol–water partition coefficient (Wildman–Crippen LogP) is 4.54. The number of rotatable bonds is 7. The van der Waals surface area contributed by atoms with E-state index in [1.165, 1.54) is 40.5 Å². The van der Waals surface area contributed by atoms with E-state index >= 15 is 0 Å². The van der Waals surface area contributed by atoms with Crippen LogP contribution >= 0.6 is 11.3 Å². The molecule has 31 heavy (non-hydrogen) atoms.